The van der Waals surface area contributed by atoms with E-state index in [1.165, 1.54) is 0 Å². The Kier molecular flexibility index (Phi) is 2.77. The largest absolute Gasteiger partial charge is 0.477 e. The van der Waals surface area contributed by atoms with Crippen LogP contribution in [-0.4, -0.2) is 16.1 Å². The molecule has 0 fully saturated rings. The molecule has 1 aromatic carbocycles. The molecule has 0 atom stereocenters. The van der Waals surface area contributed by atoms with Crippen LogP contribution in [0.4, 0.5) is 0 Å². The summed E-state index contributed by atoms with van der Waals surface area (Å²) >= 11 is 2.21. The molecule has 1 heterocycles. The summed E-state index contributed by atoms with van der Waals surface area (Å²) in [5.41, 5.74) is 1.86. The number of halogens is 1. The van der Waals surface area contributed by atoms with Crippen molar-refractivity contribution >= 4 is 28.6 Å². The molecule has 76 valence electrons. The minimum absolute atomic E-state index is 0.233. The van der Waals surface area contributed by atoms with Crippen LogP contribution in [0.5, 0.6) is 0 Å². The zero-order chi connectivity index (χ0) is 10.8. The van der Waals surface area contributed by atoms with Crippen LogP contribution in [0.15, 0.2) is 36.5 Å². The van der Waals surface area contributed by atoms with E-state index in [4.69, 9.17) is 5.11 Å². The first-order valence-corrected chi connectivity index (χ1v) is 5.43. The van der Waals surface area contributed by atoms with E-state index in [0.717, 1.165) is 14.7 Å². The van der Waals surface area contributed by atoms with Crippen LogP contribution in [0.25, 0.3) is 11.1 Å². The van der Waals surface area contributed by atoms with Crippen LogP contribution < -0.4 is 0 Å². The van der Waals surface area contributed by atoms with Crippen molar-refractivity contribution in [3.63, 3.8) is 0 Å². The van der Waals surface area contributed by atoms with Gasteiger partial charge in [0.2, 0.25) is 0 Å². The van der Waals surface area contributed by atoms with Crippen molar-refractivity contribution in [3.05, 3.63) is 45.8 Å². The predicted molar refractivity (Wildman–Crippen MR) is 65.9 cm³/mol. The van der Waals surface area contributed by atoms with E-state index in [0.29, 0.717) is 0 Å². The Hall–Kier alpha value is -1.30. The molecule has 2 N–H and O–H groups in total. The second-order valence-electron chi connectivity index (χ2n) is 3.08. The summed E-state index contributed by atoms with van der Waals surface area (Å²) in [5.74, 6) is -0.937. The molecule has 0 amide bonds. The Labute approximate surface area is 100 Å². The van der Waals surface area contributed by atoms with Crippen molar-refractivity contribution in [1.29, 1.82) is 0 Å². The fourth-order valence-corrected chi connectivity index (χ4v) is 1.78. The topological polar surface area (TPSA) is 53.1 Å². The maximum absolute atomic E-state index is 10.9. The van der Waals surface area contributed by atoms with Crippen molar-refractivity contribution in [2.75, 3.05) is 0 Å². The van der Waals surface area contributed by atoms with Crippen LogP contribution in [-0.2, 0) is 0 Å². The maximum Gasteiger partial charge on any atom is 0.352 e. The number of aromatic nitrogens is 1. The van der Waals surface area contributed by atoms with Crippen LogP contribution in [0.3, 0.4) is 0 Å². The van der Waals surface area contributed by atoms with Crippen molar-refractivity contribution in [2.24, 2.45) is 0 Å². The molecule has 4 heteroatoms. The molecule has 15 heavy (non-hydrogen) atoms. The highest BCUT2D eigenvalue weighted by Crippen LogP contribution is 2.23. The van der Waals surface area contributed by atoms with Gasteiger partial charge < -0.3 is 10.1 Å². The highest BCUT2D eigenvalue weighted by molar-refractivity contribution is 14.1. The summed E-state index contributed by atoms with van der Waals surface area (Å²) in [6.45, 7) is 0. The van der Waals surface area contributed by atoms with E-state index in [2.05, 4.69) is 27.6 Å². The number of benzene rings is 1. The van der Waals surface area contributed by atoms with Gasteiger partial charge in [0.15, 0.2) is 0 Å². The third-order valence-corrected chi connectivity index (χ3v) is 2.84. The van der Waals surface area contributed by atoms with Gasteiger partial charge in [0, 0.05) is 15.3 Å². The Balaban J connectivity index is 2.49. The molecule has 0 aliphatic heterocycles. The quantitative estimate of drug-likeness (QED) is 0.838. The first-order valence-electron chi connectivity index (χ1n) is 4.35. The van der Waals surface area contributed by atoms with Crippen LogP contribution in [0.1, 0.15) is 10.5 Å². The SMILES string of the molecule is O=C(O)c1[nH]ccc1-c1ccc(I)cc1. The number of carboxylic acid groups (broad SMARTS) is 1. The summed E-state index contributed by atoms with van der Waals surface area (Å²) in [6, 6.07) is 9.50. The number of nitrogens with one attached hydrogen (secondary N) is 1. The number of aromatic amines is 1. The predicted octanol–water partition coefficient (Wildman–Crippen LogP) is 2.98. The number of rotatable bonds is 2. The average molecular weight is 313 g/mol. The highest BCUT2D eigenvalue weighted by atomic mass is 127. The molecule has 3 nitrogen and oxygen atoms in total. The standard InChI is InChI=1S/C11H8INO2/c12-8-3-1-7(2-4-8)9-5-6-13-10(9)11(14)15/h1-6,13H,(H,14,15). The summed E-state index contributed by atoms with van der Waals surface area (Å²) in [4.78, 5) is 13.6. The minimum atomic E-state index is -0.937. The number of hydrogen-bond acceptors (Lipinski definition) is 1. The number of aromatic carboxylic acids is 1. The lowest BCUT2D eigenvalue weighted by Gasteiger charge is -2.00. The highest BCUT2D eigenvalue weighted by Gasteiger charge is 2.11. The van der Waals surface area contributed by atoms with Crippen molar-refractivity contribution in [1.82, 2.24) is 4.98 Å². The second-order valence-corrected chi connectivity index (χ2v) is 4.32. The molecule has 0 unspecified atom stereocenters. The lowest BCUT2D eigenvalue weighted by Crippen LogP contribution is -1.98. The van der Waals surface area contributed by atoms with Crippen LogP contribution in [0, 0.1) is 3.57 Å². The van der Waals surface area contributed by atoms with Gasteiger partial charge in [0.1, 0.15) is 5.69 Å². The molecule has 0 aliphatic carbocycles. The minimum Gasteiger partial charge on any atom is -0.477 e. The second kappa shape index (κ2) is 4.06. The summed E-state index contributed by atoms with van der Waals surface area (Å²) in [6.07, 6.45) is 1.64. The molecule has 2 rings (SSSR count). The lowest BCUT2D eigenvalue weighted by atomic mass is 10.1. The van der Waals surface area contributed by atoms with E-state index in [1.54, 1.807) is 12.3 Å². The molecular formula is C11H8INO2. The number of carboxylic acids is 1. The maximum atomic E-state index is 10.9. The normalized spacial score (nSPS) is 10.2. The van der Waals surface area contributed by atoms with E-state index in [9.17, 15) is 4.79 Å². The van der Waals surface area contributed by atoms with Crippen molar-refractivity contribution < 1.29 is 9.90 Å². The Morgan fingerprint density at radius 3 is 2.47 bits per heavy atom. The van der Waals surface area contributed by atoms with Gasteiger partial charge in [-0.15, -0.1) is 0 Å². The molecule has 0 saturated carbocycles. The van der Waals surface area contributed by atoms with Gasteiger partial charge in [0.05, 0.1) is 0 Å². The Morgan fingerprint density at radius 2 is 1.87 bits per heavy atom. The van der Waals surface area contributed by atoms with E-state index < -0.39 is 5.97 Å². The monoisotopic (exact) mass is 313 g/mol. The molecule has 1 aromatic heterocycles. The zero-order valence-electron chi connectivity index (χ0n) is 7.70. The number of hydrogen-bond donors (Lipinski definition) is 2. The van der Waals surface area contributed by atoms with Gasteiger partial charge in [0.25, 0.3) is 0 Å². The average Bonchev–Trinajstić information content (AvgIpc) is 2.67. The van der Waals surface area contributed by atoms with Crippen molar-refractivity contribution in [3.8, 4) is 11.1 Å². The van der Waals surface area contributed by atoms with E-state index >= 15 is 0 Å². The van der Waals surface area contributed by atoms with Crippen molar-refractivity contribution in [2.45, 2.75) is 0 Å². The molecular weight excluding hydrogens is 305 g/mol. The van der Waals surface area contributed by atoms with Gasteiger partial charge in [-0.1, -0.05) is 12.1 Å². The van der Waals surface area contributed by atoms with Gasteiger partial charge in [-0.3, -0.25) is 0 Å². The summed E-state index contributed by atoms with van der Waals surface area (Å²) in [5, 5.41) is 8.94. The fourth-order valence-electron chi connectivity index (χ4n) is 1.42. The Morgan fingerprint density at radius 1 is 1.20 bits per heavy atom. The molecule has 2 aromatic rings. The van der Waals surface area contributed by atoms with Crippen LogP contribution in [0.2, 0.25) is 0 Å². The van der Waals surface area contributed by atoms with E-state index in [1.807, 2.05) is 24.3 Å². The smallest absolute Gasteiger partial charge is 0.352 e. The third kappa shape index (κ3) is 2.04. The molecule has 0 saturated heterocycles. The van der Waals surface area contributed by atoms with E-state index in [-0.39, 0.29) is 5.69 Å². The van der Waals surface area contributed by atoms with Gasteiger partial charge in [-0.2, -0.15) is 0 Å². The third-order valence-electron chi connectivity index (χ3n) is 2.12. The fraction of sp³-hybridized carbons (Fsp3) is 0. The summed E-state index contributed by atoms with van der Waals surface area (Å²) in [7, 11) is 0. The van der Waals surface area contributed by atoms with Gasteiger partial charge in [-0.05, 0) is 46.4 Å². The summed E-state index contributed by atoms with van der Waals surface area (Å²) < 4.78 is 1.13. The number of carbonyl (C=O) groups is 1. The lowest BCUT2D eigenvalue weighted by molar-refractivity contribution is 0.0692. The van der Waals surface area contributed by atoms with Gasteiger partial charge >= 0.3 is 5.97 Å². The first kappa shape index (κ1) is 10.2. The molecule has 0 bridgehead atoms. The van der Waals surface area contributed by atoms with Crippen LogP contribution >= 0.6 is 22.6 Å². The van der Waals surface area contributed by atoms with Gasteiger partial charge in [-0.25, -0.2) is 4.79 Å². The molecule has 0 spiro atoms. The number of H-pyrrole nitrogens is 1. The zero-order valence-corrected chi connectivity index (χ0v) is 9.86. The first-order chi connectivity index (χ1) is 7.18. The Bertz CT molecular complexity index is 488. The molecule has 0 aliphatic rings. The molecule has 0 radical (unpaired) electrons.